The van der Waals surface area contributed by atoms with Gasteiger partial charge in [-0.25, -0.2) is 16.8 Å². The lowest BCUT2D eigenvalue weighted by Gasteiger charge is -2.20. The van der Waals surface area contributed by atoms with E-state index in [1.165, 1.54) is 48.9 Å². The Morgan fingerprint density at radius 3 is 2.07 bits per heavy atom. The van der Waals surface area contributed by atoms with Crippen LogP contribution in [-0.4, -0.2) is 27.0 Å². The number of sulfone groups is 2. The molecule has 150 valence electrons. The van der Waals surface area contributed by atoms with Crippen molar-refractivity contribution in [3.05, 3.63) is 48.4 Å². The molecule has 1 aromatic heterocycles. The third kappa shape index (κ3) is 2.83. The van der Waals surface area contributed by atoms with Gasteiger partial charge in [0.05, 0.1) is 19.6 Å². The van der Waals surface area contributed by atoms with Crippen LogP contribution in [0.3, 0.4) is 0 Å². The summed E-state index contributed by atoms with van der Waals surface area (Å²) >= 11 is 0. The maximum atomic E-state index is 13.1. The van der Waals surface area contributed by atoms with Crippen molar-refractivity contribution in [2.24, 2.45) is 0 Å². The molecule has 1 saturated carbocycles. The first-order valence-corrected chi connectivity index (χ1v) is 12.4. The molecule has 0 saturated heterocycles. The SMILES string of the molecule is O=S1(=O)c2ccccc2S(=O)(=O)c2cc(-c3nnc(C4CCCCC4)o3)ccc21. The summed E-state index contributed by atoms with van der Waals surface area (Å²) in [7, 11) is -7.91. The van der Waals surface area contributed by atoms with Crippen molar-refractivity contribution >= 4 is 19.7 Å². The fourth-order valence-electron chi connectivity index (χ4n) is 4.07. The number of hydrogen-bond acceptors (Lipinski definition) is 7. The van der Waals surface area contributed by atoms with Gasteiger partial charge < -0.3 is 4.42 Å². The molecule has 1 aliphatic carbocycles. The minimum absolute atomic E-state index is 0.194. The summed E-state index contributed by atoms with van der Waals surface area (Å²) < 4.78 is 57.9. The van der Waals surface area contributed by atoms with Gasteiger partial charge in [0.15, 0.2) is 0 Å². The fraction of sp³-hybridized carbons (Fsp3) is 0.300. The van der Waals surface area contributed by atoms with E-state index in [4.69, 9.17) is 4.42 Å². The number of benzene rings is 2. The van der Waals surface area contributed by atoms with Crippen molar-refractivity contribution in [2.75, 3.05) is 0 Å². The van der Waals surface area contributed by atoms with E-state index in [9.17, 15) is 16.8 Å². The van der Waals surface area contributed by atoms with E-state index in [-0.39, 0.29) is 31.4 Å². The van der Waals surface area contributed by atoms with Crippen LogP contribution in [0.1, 0.15) is 43.9 Å². The van der Waals surface area contributed by atoms with Crippen LogP contribution in [0.25, 0.3) is 11.5 Å². The third-order valence-electron chi connectivity index (χ3n) is 5.59. The molecule has 29 heavy (non-hydrogen) atoms. The predicted octanol–water partition coefficient (Wildman–Crippen LogP) is 3.76. The van der Waals surface area contributed by atoms with Crippen molar-refractivity contribution in [3.8, 4) is 11.5 Å². The normalized spacial score (nSPS) is 20.0. The Morgan fingerprint density at radius 2 is 1.38 bits per heavy atom. The monoisotopic (exact) mass is 430 g/mol. The molecule has 0 N–H and O–H groups in total. The first kappa shape index (κ1) is 18.5. The van der Waals surface area contributed by atoms with Gasteiger partial charge in [-0.15, -0.1) is 10.2 Å². The van der Waals surface area contributed by atoms with E-state index >= 15 is 0 Å². The summed E-state index contributed by atoms with van der Waals surface area (Å²) in [6.07, 6.45) is 5.44. The first-order chi connectivity index (χ1) is 13.9. The number of hydrogen-bond donors (Lipinski definition) is 0. The van der Waals surface area contributed by atoms with Gasteiger partial charge in [-0.3, -0.25) is 0 Å². The average molecular weight is 431 g/mol. The zero-order chi connectivity index (χ0) is 20.2. The van der Waals surface area contributed by atoms with Gasteiger partial charge in [0.1, 0.15) is 0 Å². The number of fused-ring (bicyclic) bond motifs is 2. The first-order valence-electron chi connectivity index (χ1n) is 9.46. The van der Waals surface area contributed by atoms with Crippen LogP contribution in [0.5, 0.6) is 0 Å². The van der Waals surface area contributed by atoms with Gasteiger partial charge in [-0.1, -0.05) is 31.4 Å². The molecular formula is C20H18N2O5S2. The maximum Gasteiger partial charge on any atom is 0.247 e. The van der Waals surface area contributed by atoms with Crippen LogP contribution in [0, 0.1) is 0 Å². The summed E-state index contributed by atoms with van der Waals surface area (Å²) in [5.41, 5.74) is 0.386. The lowest BCUT2D eigenvalue weighted by atomic mass is 9.89. The second-order valence-electron chi connectivity index (χ2n) is 7.40. The Balaban J connectivity index is 1.62. The van der Waals surface area contributed by atoms with Crippen LogP contribution >= 0.6 is 0 Å². The second-order valence-corrected chi connectivity index (χ2v) is 11.2. The van der Waals surface area contributed by atoms with Gasteiger partial charge in [0.25, 0.3) is 0 Å². The molecule has 2 aliphatic rings. The van der Waals surface area contributed by atoms with E-state index in [1.807, 2.05) is 0 Å². The van der Waals surface area contributed by atoms with E-state index in [1.54, 1.807) is 0 Å². The van der Waals surface area contributed by atoms with Crippen LogP contribution < -0.4 is 0 Å². The van der Waals surface area contributed by atoms with E-state index in [0.717, 1.165) is 25.7 Å². The molecule has 0 radical (unpaired) electrons. The molecule has 0 atom stereocenters. The summed E-state index contributed by atoms with van der Waals surface area (Å²) in [5, 5.41) is 8.22. The fourth-order valence-corrected chi connectivity index (χ4v) is 8.23. The lowest BCUT2D eigenvalue weighted by Crippen LogP contribution is -2.19. The quantitative estimate of drug-likeness (QED) is 0.476. The molecule has 1 fully saturated rings. The Kier molecular flexibility index (Phi) is 4.15. The molecule has 0 spiro atoms. The van der Waals surface area contributed by atoms with Crippen LogP contribution in [0.15, 0.2) is 66.5 Å². The topological polar surface area (TPSA) is 107 Å². The second kappa shape index (κ2) is 6.50. The maximum absolute atomic E-state index is 13.1. The predicted molar refractivity (Wildman–Crippen MR) is 103 cm³/mol. The van der Waals surface area contributed by atoms with Crippen LogP contribution in [-0.2, 0) is 19.7 Å². The number of aromatic nitrogens is 2. The molecule has 9 heteroatoms. The number of rotatable bonds is 2. The molecule has 7 nitrogen and oxygen atoms in total. The minimum Gasteiger partial charge on any atom is -0.420 e. The van der Waals surface area contributed by atoms with Crippen LogP contribution in [0.2, 0.25) is 0 Å². The van der Waals surface area contributed by atoms with Gasteiger partial charge in [0, 0.05) is 11.5 Å². The Bertz CT molecular complexity index is 1320. The average Bonchev–Trinajstić information content (AvgIpc) is 3.23. The summed E-state index contributed by atoms with van der Waals surface area (Å²) in [5.74, 6) is 0.969. The molecule has 2 heterocycles. The molecule has 2 aromatic carbocycles. The summed E-state index contributed by atoms with van der Waals surface area (Å²) in [6.45, 7) is 0. The van der Waals surface area contributed by atoms with Crippen molar-refractivity contribution in [2.45, 2.75) is 57.6 Å². The Morgan fingerprint density at radius 1 is 0.759 bits per heavy atom. The highest BCUT2D eigenvalue weighted by Gasteiger charge is 2.39. The minimum atomic E-state index is -3.99. The lowest BCUT2D eigenvalue weighted by molar-refractivity contribution is 0.367. The van der Waals surface area contributed by atoms with Gasteiger partial charge >= 0.3 is 0 Å². The summed E-state index contributed by atoms with van der Waals surface area (Å²) in [4.78, 5) is -0.895. The third-order valence-corrected chi connectivity index (χ3v) is 9.57. The van der Waals surface area contributed by atoms with Crippen molar-refractivity contribution in [1.29, 1.82) is 0 Å². The highest BCUT2D eigenvalue weighted by atomic mass is 32.2. The molecule has 0 unspecified atom stereocenters. The molecule has 0 bridgehead atoms. The smallest absolute Gasteiger partial charge is 0.247 e. The van der Waals surface area contributed by atoms with E-state index in [2.05, 4.69) is 10.2 Å². The van der Waals surface area contributed by atoms with Crippen molar-refractivity contribution in [1.82, 2.24) is 10.2 Å². The molecule has 1 aliphatic heterocycles. The number of nitrogens with zero attached hydrogens (tertiary/aromatic N) is 2. The molecule has 5 rings (SSSR count). The Hall–Kier alpha value is -2.52. The van der Waals surface area contributed by atoms with Gasteiger partial charge in [0.2, 0.25) is 31.5 Å². The van der Waals surface area contributed by atoms with Crippen molar-refractivity contribution in [3.63, 3.8) is 0 Å². The zero-order valence-electron chi connectivity index (χ0n) is 15.4. The standard InChI is InChI=1S/C20H18N2O5S2/c23-28(24)15-8-4-5-9-16(15)29(25,26)18-12-14(10-11-17(18)28)20-22-21-19(27-20)13-6-2-1-3-7-13/h4-5,8-13H,1-3,6-7H2. The largest absolute Gasteiger partial charge is 0.420 e. The van der Waals surface area contributed by atoms with Gasteiger partial charge in [-0.05, 0) is 43.2 Å². The summed E-state index contributed by atoms with van der Waals surface area (Å²) in [6, 6.07) is 9.78. The van der Waals surface area contributed by atoms with Crippen LogP contribution in [0.4, 0.5) is 0 Å². The van der Waals surface area contributed by atoms with E-state index in [0.29, 0.717) is 11.5 Å². The molecule has 3 aromatic rings. The Labute approximate surface area is 168 Å². The van der Waals surface area contributed by atoms with Crippen molar-refractivity contribution < 1.29 is 21.3 Å². The van der Waals surface area contributed by atoms with Gasteiger partial charge in [-0.2, -0.15) is 0 Å². The highest BCUT2D eigenvalue weighted by molar-refractivity contribution is 7.97. The highest BCUT2D eigenvalue weighted by Crippen LogP contribution is 2.41. The molecular weight excluding hydrogens is 412 g/mol. The zero-order valence-corrected chi connectivity index (χ0v) is 17.0. The van der Waals surface area contributed by atoms with E-state index < -0.39 is 19.7 Å². The molecule has 0 amide bonds.